The summed E-state index contributed by atoms with van der Waals surface area (Å²) in [5.41, 5.74) is -1.57. The Bertz CT molecular complexity index is 720. The van der Waals surface area contributed by atoms with Crippen LogP contribution >= 0.6 is 11.6 Å². The van der Waals surface area contributed by atoms with Gasteiger partial charge in [0.15, 0.2) is 0 Å². The maximum absolute atomic E-state index is 13.8. The first-order valence-corrected chi connectivity index (χ1v) is 5.96. The highest BCUT2D eigenvalue weighted by Crippen LogP contribution is 2.23. The number of anilines is 1. The van der Waals surface area contributed by atoms with Crippen LogP contribution in [0.2, 0.25) is 5.02 Å². The molecule has 1 amide bonds. The topological polar surface area (TPSA) is 72.2 Å². The highest BCUT2D eigenvalue weighted by atomic mass is 35.5. The van der Waals surface area contributed by atoms with Crippen LogP contribution in [0.5, 0.6) is 0 Å². The molecule has 2 rings (SSSR count). The summed E-state index contributed by atoms with van der Waals surface area (Å²) in [6.45, 7) is 0. The monoisotopic (exact) mass is 312 g/mol. The molecular weight excluding hydrogens is 306 g/mol. The van der Waals surface area contributed by atoms with E-state index in [4.69, 9.17) is 11.6 Å². The van der Waals surface area contributed by atoms with Crippen molar-refractivity contribution in [1.82, 2.24) is 0 Å². The molecule has 0 radical (unpaired) electrons. The van der Waals surface area contributed by atoms with Crippen LogP contribution in [0.4, 0.5) is 20.2 Å². The van der Waals surface area contributed by atoms with Gasteiger partial charge < -0.3 is 5.32 Å². The minimum Gasteiger partial charge on any atom is -0.322 e. The van der Waals surface area contributed by atoms with E-state index in [1.807, 2.05) is 0 Å². The summed E-state index contributed by atoms with van der Waals surface area (Å²) in [5, 5.41) is 13.3. The number of nitro groups is 1. The predicted molar refractivity (Wildman–Crippen MR) is 72.4 cm³/mol. The molecule has 21 heavy (non-hydrogen) atoms. The molecule has 0 heterocycles. The van der Waals surface area contributed by atoms with Gasteiger partial charge in [-0.05, 0) is 30.3 Å². The summed E-state index contributed by atoms with van der Waals surface area (Å²) in [6, 6.07) is 6.88. The number of nitrogens with one attached hydrogen (secondary N) is 1. The molecule has 108 valence electrons. The van der Waals surface area contributed by atoms with Crippen LogP contribution in [0, 0.1) is 21.7 Å². The number of hydrogen-bond donors (Lipinski definition) is 1. The molecule has 2 aromatic rings. The molecule has 1 N–H and O–H groups in total. The number of hydrogen-bond acceptors (Lipinski definition) is 3. The van der Waals surface area contributed by atoms with Crippen LogP contribution in [0.15, 0.2) is 36.4 Å². The van der Waals surface area contributed by atoms with E-state index in [9.17, 15) is 23.7 Å². The molecule has 0 aliphatic heterocycles. The SMILES string of the molecule is O=C(Nc1ccc(Cl)cc1)c1cc(F)cc([N+](=O)[O-])c1F. The molecule has 5 nitrogen and oxygen atoms in total. The molecule has 0 saturated heterocycles. The Morgan fingerprint density at radius 3 is 2.38 bits per heavy atom. The van der Waals surface area contributed by atoms with Crippen LogP contribution < -0.4 is 5.32 Å². The second-order valence-corrected chi connectivity index (χ2v) is 4.44. The minimum absolute atomic E-state index is 0.288. The van der Waals surface area contributed by atoms with Gasteiger partial charge in [-0.15, -0.1) is 0 Å². The van der Waals surface area contributed by atoms with Gasteiger partial charge in [0.05, 0.1) is 16.6 Å². The molecular formula is C13H7ClF2N2O3. The number of benzene rings is 2. The van der Waals surface area contributed by atoms with Crippen LogP contribution in [0.25, 0.3) is 0 Å². The molecule has 0 fully saturated rings. The Morgan fingerprint density at radius 1 is 1.19 bits per heavy atom. The predicted octanol–water partition coefficient (Wildman–Crippen LogP) is 3.78. The van der Waals surface area contributed by atoms with E-state index in [2.05, 4.69) is 5.32 Å². The number of halogens is 3. The van der Waals surface area contributed by atoms with Crippen molar-refractivity contribution >= 4 is 28.9 Å². The van der Waals surface area contributed by atoms with Crippen LogP contribution in [-0.4, -0.2) is 10.8 Å². The zero-order valence-electron chi connectivity index (χ0n) is 10.3. The normalized spacial score (nSPS) is 10.2. The minimum atomic E-state index is -1.40. The van der Waals surface area contributed by atoms with Crippen molar-refractivity contribution in [2.45, 2.75) is 0 Å². The number of carbonyl (C=O) groups excluding carboxylic acids is 1. The zero-order chi connectivity index (χ0) is 15.6. The molecule has 0 aromatic heterocycles. The fourth-order valence-electron chi connectivity index (χ4n) is 1.60. The summed E-state index contributed by atoms with van der Waals surface area (Å²) in [4.78, 5) is 21.4. The van der Waals surface area contributed by atoms with Crippen molar-refractivity contribution in [2.75, 3.05) is 5.32 Å². The maximum Gasteiger partial charge on any atom is 0.308 e. The Kier molecular flexibility index (Phi) is 4.13. The largest absolute Gasteiger partial charge is 0.322 e. The lowest BCUT2D eigenvalue weighted by Crippen LogP contribution is -2.15. The van der Waals surface area contributed by atoms with E-state index in [0.29, 0.717) is 17.2 Å². The van der Waals surface area contributed by atoms with E-state index >= 15 is 0 Å². The molecule has 8 heteroatoms. The number of carbonyl (C=O) groups is 1. The molecule has 2 aromatic carbocycles. The fraction of sp³-hybridized carbons (Fsp3) is 0. The highest BCUT2D eigenvalue weighted by molar-refractivity contribution is 6.30. The van der Waals surface area contributed by atoms with Gasteiger partial charge in [-0.2, -0.15) is 4.39 Å². The zero-order valence-corrected chi connectivity index (χ0v) is 11.0. The number of nitro benzene ring substituents is 1. The van der Waals surface area contributed by atoms with E-state index in [-0.39, 0.29) is 5.69 Å². The lowest BCUT2D eigenvalue weighted by Gasteiger charge is -2.06. The third-order valence-corrected chi connectivity index (χ3v) is 2.81. The van der Waals surface area contributed by atoms with Gasteiger partial charge in [-0.1, -0.05) is 11.6 Å². The van der Waals surface area contributed by atoms with E-state index in [0.717, 1.165) is 0 Å². The summed E-state index contributed by atoms with van der Waals surface area (Å²) in [5.74, 6) is -3.48. The third kappa shape index (κ3) is 3.32. The first-order chi connectivity index (χ1) is 9.88. The van der Waals surface area contributed by atoms with Gasteiger partial charge in [0.1, 0.15) is 5.82 Å². The highest BCUT2D eigenvalue weighted by Gasteiger charge is 2.24. The smallest absolute Gasteiger partial charge is 0.308 e. The summed E-state index contributed by atoms with van der Waals surface area (Å²) in [6.07, 6.45) is 0. The van der Waals surface area contributed by atoms with Crippen molar-refractivity contribution < 1.29 is 18.5 Å². The second kappa shape index (κ2) is 5.84. The lowest BCUT2D eigenvalue weighted by atomic mass is 10.1. The number of rotatable bonds is 3. The molecule has 0 unspecified atom stereocenters. The molecule has 0 bridgehead atoms. The number of nitrogens with zero attached hydrogens (tertiary/aromatic N) is 1. The van der Waals surface area contributed by atoms with Gasteiger partial charge in [-0.25, -0.2) is 4.39 Å². The summed E-state index contributed by atoms with van der Waals surface area (Å²) in [7, 11) is 0. The van der Waals surface area contributed by atoms with Gasteiger partial charge in [0.2, 0.25) is 5.82 Å². The number of amides is 1. The maximum atomic E-state index is 13.8. The average Bonchev–Trinajstić information content (AvgIpc) is 2.43. The molecule has 0 aliphatic carbocycles. The van der Waals surface area contributed by atoms with Crippen molar-refractivity contribution in [1.29, 1.82) is 0 Å². The lowest BCUT2D eigenvalue weighted by molar-refractivity contribution is -0.387. The van der Waals surface area contributed by atoms with E-state index < -0.39 is 33.7 Å². The van der Waals surface area contributed by atoms with E-state index in [1.54, 1.807) is 0 Å². The molecule has 0 spiro atoms. The molecule has 0 saturated carbocycles. The Balaban J connectivity index is 2.35. The van der Waals surface area contributed by atoms with Crippen LogP contribution in [0.1, 0.15) is 10.4 Å². The molecule has 0 atom stereocenters. The van der Waals surface area contributed by atoms with Gasteiger partial charge in [0, 0.05) is 10.7 Å². The van der Waals surface area contributed by atoms with Crippen molar-refractivity contribution in [2.24, 2.45) is 0 Å². The van der Waals surface area contributed by atoms with Gasteiger partial charge in [-0.3, -0.25) is 14.9 Å². The first-order valence-electron chi connectivity index (χ1n) is 5.59. The second-order valence-electron chi connectivity index (χ2n) is 4.00. The standard InChI is InChI=1S/C13H7ClF2N2O3/c14-7-1-3-9(4-2-7)17-13(19)10-5-8(15)6-11(12(10)16)18(20)21/h1-6H,(H,17,19). The average molecular weight is 313 g/mol. The quantitative estimate of drug-likeness (QED) is 0.692. The van der Waals surface area contributed by atoms with Crippen molar-refractivity contribution in [3.8, 4) is 0 Å². The first kappa shape index (κ1) is 14.9. The van der Waals surface area contributed by atoms with Crippen molar-refractivity contribution in [3.63, 3.8) is 0 Å². The van der Waals surface area contributed by atoms with Crippen LogP contribution in [-0.2, 0) is 0 Å². The van der Waals surface area contributed by atoms with Gasteiger partial charge in [0.25, 0.3) is 5.91 Å². The summed E-state index contributed by atoms with van der Waals surface area (Å²) < 4.78 is 27.1. The van der Waals surface area contributed by atoms with E-state index in [1.165, 1.54) is 24.3 Å². The van der Waals surface area contributed by atoms with Crippen LogP contribution in [0.3, 0.4) is 0 Å². The third-order valence-electron chi connectivity index (χ3n) is 2.56. The molecule has 0 aliphatic rings. The van der Waals surface area contributed by atoms with Crippen molar-refractivity contribution in [3.05, 3.63) is 68.7 Å². The Morgan fingerprint density at radius 2 is 1.81 bits per heavy atom. The summed E-state index contributed by atoms with van der Waals surface area (Å²) >= 11 is 5.67. The van der Waals surface area contributed by atoms with Gasteiger partial charge >= 0.3 is 5.69 Å². The fourth-order valence-corrected chi connectivity index (χ4v) is 1.73. The Hall–Kier alpha value is -2.54. The Labute approximate surface area is 122 Å².